The summed E-state index contributed by atoms with van der Waals surface area (Å²) in [6, 6.07) is 0. The molecule has 0 aliphatic heterocycles. The fourth-order valence-electron chi connectivity index (χ4n) is 2.73. The van der Waals surface area contributed by atoms with E-state index in [2.05, 4.69) is 6.92 Å². The Kier molecular flexibility index (Phi) is 6.23. The van der Waals surface area contributed by atoms with E-state index in [0.717, 1.165) is 12.8 Å². The van der Waals surface area contributed by atoms with Crippen molar-refractivity contribution in [3.05, 3.63) is 0 Å². The third-order valence-corrected chi connectivity index (χ3v) is 3.78. The number of Topliss-reactive ketones (excluding diaryl/α,β-unsaturated/α-hetero) is 3. The van der Waals surface area contributed by atoms with Crippen molar-refractivity contribution >= 4 is 17.3 Å². The second-order valence-electron chi connectivity index (χ2n) is 5.50. The van der Waals surface area contributed by atoms with Gasteiger partial charge >= 0.3 is 0 Å². The van der Waals surface area contributed by atoms with Crippen LogP contribution >= 0.6 is 0 Å². The molecular weight excluding hydrogens is 228 g/mol. The summed E-state index contributed by atoms with van der Waals surface area (Å²) < 4.78 is 0. The highest BCUT2D eigenvalue weighted by atomic mass is 16.2. The van der Waals surface area contributed by atoms with Crippen molar-refractivity contribution in [1.82, 2.24) is 0 Å². The van der Waals surface area contributed by atoms with Gasteiger partial charge in [-0.25, -0.2) is 0 Å². The summed E-state index contributed by atoms with van der Waals surface area (Å²) in [5, 5.41) is 0. The maximum Gasteiger partial charge on any atom is 0.150 e. The number of unbranched alkanes of at least 4 members (excludes halogenated alkanes) is 2. The zero-order chi connectivity index (χ0) is 13.5. The van der Waals surface area contributed by atoms with Crippen molar-refractivity contribution in [1.29, 1.82) is 0 Å². The van der Waals surface area contributed by atoms with Crippen molar-refractivity contribution < 1.29 is 14.4 Å². The topological polar surface area (TPSA) is 51.2 Å². The fourth-order valence-corrected chi connectivity index (χ4v) is 2.73. The first-order valence-electron chi connectivity index (χ1n) is 7.09. The van der Waals surface area contributed by atoms with Gasteiger partial charge in [-0.05, 0) is 25.7 Å². The van der Waals surface area contributed by atoms with Crippen molar-refractivity contribution in [3.63, 3.8) is 0 Å². The molecule has 3 heteroatoms. The quantitative estimate of drug-likeness (QED) is 0.517. The average Bonchev–Trinajstić information content (AvgIpc) is 2.30. The molecule has 2 atom stereocenters. The summed E-state index contributed by atoms with van der Waals surface area (Å²) >= 11 is 0. The van der Waals surface area contributed by atoms with E-state index < -0.39 is 5.92 Å². The minimum Gasteiger partial charge on any atom is -0.300 e. The summed E-state index contributed by atoms with van der Waals surface area (Å²) in [5.41, 5.74) is 0. The Hall–Kier alpha value is -0.990. The van der Waals surface area contributed by atoms with Gasteiger partial charge < -0.3 is 0 Å². The molecule has 1 aliphatic carbocycles. The summed E-state index contributed by atoms with van der Waals surface area (Å²) in [4.78, 5) is 34.6. The lowest BCUT2D eigenvalue weighted by atomic mass is 9.76. The SMILES string of the molecule is CCCCCC1CCC(=O)C(C(=O)CC(C)=O)C1. The molecule has 0 amide bonds. The number of carbonyl (C=O) groups excluding carboxylic acids is 3. The number of carbonyl (C=O) groups is 3. The van der Waals surface area contributed by atoms with E-state index in [9.17, 15) is 14.4 Å². The Morgan fingerprint density at radius 3 is 2.61 bits per heavy atom. The van der Waals surface area contributed by atoms with E-state index in [1.807, 2.05) is 0 Å². The smallest absolute Gasteiger partial charge is 0.150 e. The number of hydrogen-bond donors (Lipinski definition) is 0. The van der Waals surface area contributed by atoms with Crippen molar-refractivity contribution in [2.75, 3.05) is 0 Å². The predicted octanol–water partition coefficient (Wildman–Crippen LogP) is 3.10. The van der Waals surface area contributed by atoms with E-state index in [1.54, 1.807) is 0 Å². The Labute approximate surface area is 109 Å². The van der Waals surface area contributed by atoms with Crippen LogP contribution in [0.3, 0.4) is 0 Å². The van der Waals surface area contributed by atoms with Gasteiger partial charge in [0.15, 0.2) is 5.78 Å². The second kappa shape index (κ2) is 7.45. The van der Waals surface area contributed by atoms with Gasteiger partial charge in [0, 0.05) is 6.42 Å². The molecule has 1 fully saturated rings. The average molecular weight is 252 g/mol. The second-order valence-corrected chi connectivity index (χ2v) is 5.50. The van der Waals surface area contributed by atoms with Crippen LogP contribution in [0.1, 0.15) is 65.2 Å². The standard InChI is InChI=1S/C15H24O3/c1-3-4-5-6-12-7-8-14(17)13(10-12)15(18)9-11(2)16/h12-13H,3-10H2,1-2H3. The third kappa shape index (κ3) is 4.71. The normalized spacial score (nSPS) is 24.0. The van der Waals surface area contributed by atoms with Crippen LogP contribution in [0, 0.1) is 11.8 Å². The number of rotatable bonds is 7. The molecule has 2 unspecified atom stereocenters. The molecule has 102 valence electrons. The molecule has 18 heavy (non-hydrogen) atoms. The summed E-state index contributed by atoms with van der Waals surface area (Å²) in [7, 11) is 0. The lowest BCUT2D eigenvalue weighted by molar-refractivity contribution is -0.136. The van der Waals surface area contributed by atoms with Gasteiger partial charge in [0.25, 0.3) is 0 Å². The van der Waals surface area contributed by atoms with E-state index in [1.165, 1.54) is 26.2 Å². The molecule has 0 spiro atoms. The van der Waals surface area contributed by atoms with Crippen LogP contribution < -0.4 is 0 Å². The Morgan fingerprint density at radius 2 is 2.00 bits per heavy atom. The van der Waals surface area contributed by atoms with Crippen LogP contribution in [-0.4, -0.2) is 17.3 Å². The first-order chi connectivity index (χ1) is 8.54. The Morgan fingerprint density at radius 1 is 1.28 bits per heavy atom. The van der Waals surface area contributed by atoms with Gasteiger partial charge in [-0.15, -0.1) is 0 Å². The molecule has 0 heterocycles. The zero-order valence-corrected chi connectivity index (χ0v) is 11.5. The molecule has 1 rings (SSSR count). The molecule has 0 radical (unpaired) electrons. The van der Waals surface area contributed by atoms with Crippen molar-refractivity contribution in [2.24, 2.45) is 11.8 Å². The molecule has 1 aliphatic rings. The fraction of sp³-hybridized carbons (Fsp3) is 0.800. The van der Waals surface area contributed by atoms with Crippen molar-refractivity contribution in [2.45, 2.75) is 65.2 Å². The molecule has 1 saturated carbocycles. The maximum atomic E-state index is 11.9. The molecular formula is C15H24O3. The maximum absolute atomic E-state index is 11.9. The lowest BCUT2D eigenvalue weighted by Crippen LogP contribution is -2.32. The van der Waals surface area contributed by atoms with Gasteiger partial charge in [0.1, 0.15) is 11.6 Å². The monoisotopic (exact) mass is 252 g/mol. The van der Waals surface area contributed by atoms with E-state index in [4.69, 9.17) is 0 Å². The van der Waals surface area contributed by atoms with Gasteiger partial charge in [0.2, 0.25) is 0 Å². The van der Waals surface area contributed by atoms with Gasteiger partial charge in [-0.2, -0.15) is 0 Å². The van der Waals surface area contributed by atoms with Crippen LogP contribution in [0.25, 0.3) is 0 Å². The minimum atomic E-state index is -0.491. The van der Waals surface area contributed by atoms with E-state index in [-0.39, 0.29) is 23.8 Å². The largest absolute Gasteiger partial charge is 0.300 e. The molecule has 0 aromatic carbocycles. The zero-order valence-electron chi connectivity index (χ0n) is 11.5. The molecule has 0 saturated heterocycles. The first kappa shape index (κ1) is 15.1. The highest BCUT2D eigenvalue weighted by Crippen LogP contribution is 2.31. The third-order valence-electron chi connectivity index (χ3n) is 3.78. The summed E-state index contributed by atoms with van der Waals surface area (Å²) in [5.74, 6) is -0.244. The van der Waals surface area contributed by atoms with E-state index >= 15 is 0 Å². The predicted molar refractivity (Wildman–Crippen MR) is 70.3 cm³/mol. The minimum absolute atomic E-state index is 0.0491. The van der Waals surface area contributed by atoms with Crippen LogP contribution in [0.4, 0.5) is 0 Å². The number of ketones is 3. The van der Waals surface area contributed by atoms with Crippen LogP contribution in [-0.2, 0) is 14.4 Å². The first-order valence-corrected chi connectivity index (χ1v) is 7.09. The molecule has 3 nitrogen and oxygen atoms in total. The van der Waals surface area contributed by atoms with Gasteiger partial charge in [-0.1, -0.05) is 32.6 Å². The van der Waals surface area contributed by atoms with Gasteiger partial charge in [-0.3, -0.25) is 14.4 Å². The summed E-state index contributed by atoms with van der Waals surface area (Å²) in [6.07, 6.45) is 6.76. The van der Waals surface area contributed by atoms with Crippen LogP contribution in [0.5, 0.6) is 0 Å². The highest BCUT2D eigenvalue weighted by molar-refractivity contribution is 6.09. The summed E-state index contributed by atoms with van der Waals surface area (Å²) in [6.45, 7) is 3.58. The van der Waals surface area contributed by atoms with Crippen molar-refractivity contribution in [3.8, 4) is 0 Å². The highest BCUT2D eigenvalue weighted by Gasteiger charge is 2.33. The molecule has 0 bridgehead atoms. The molecule has 0 aromatic heterocycles. The van der Waals surface area contributed by atoms with Gasteiger partial charge in [0.05, 0.1) is 12.3 Å². The Balaban J connectivity index is 2.47. The Bertz CT molecular complexity index is 320. The lowest BCUT2D eigenvalue weighted by Gasteiger charge is -2.27. The number of hydrogen-bond acceptors (Lipinski definition) is 3. The van der Waals surface area contributed by atoms with Crippen LogP contribution in [0.2, 0.25) is 0 Å². The molecule has 0 aromatic rings. The molecule has 0 N–H and O–H groups in total. The van der Waals surface area contributed by atoms with Crippen LogP contribution in [0.15, 0.2) is 0 Å². The van der Waals surface area contributed by atoms with E-state index in [0.29, 0.717) is 18.8 Å².